The molecule has 8 heteroatoms. The summed E-state index contributed by atoms with van der Waals surface area (Å²) >= 11 is 0. The zero-order valence-electron chi connectivity index (χ0n) is 17.7. The van der Waals surface area contributed by atoms with E-state index in [1.54, 1.807) is 6.07 Å². The van der Waals surface area contributed by atoms with Gasteiger partial charge >= 0.3 is 5.69 Å². The molecule has 0 spiro atoms. The van der Waals surface area contributed by atoms with Crippen LogP contribution in [0.4, 0.5) is 4.39 Å². The first-order valence-electron chi connectivity index (χ1n) is 10.9. The number of nitrogens with zero attached hydrogens (tertiary/aromatic N) is 4. The summed E-state index contributed by atoms with van der Waals surface area (Å²) in [6.07, 6.45) is 4.92. The van der Waals surface area contributed by atoms with E-state index in [1.807, 2.05) is 19.9 Å². The van der Waals surface area contributed by atoms with Gasteiger partial charge in [-0.15, -0.1) is 0 Å². The number of benzene rings is 1. The Balaban J connectivity index is 1.31. The maximum atomic E-state index is 14.1. The molecule has 2 aromatic rings. The molecule has 0 amide bonds. The van der Waals surface area contributed by atoms with E-state index in [4.69, 9.17) is 4.74 Å². The number of hydrogen-bond acceptors (Lipinski definition) is 5. The number of aliphatic hydroxyl groups is 1. The van der Waals surface area contributed by atoms with Crippen molar-refractivity contribution in [1.29, 1.82) is 0 Å². The molecular formula is C22H31FN4O3. The van der Waals surface area contributed by atoms with Gasteiger partial charge in [-0.1, -0.05) is 12.1 Å². The van der Waals surface area contributed by atoms with E-state index < -0.39 is 6.10 Å². The zero-order valence-corrected chi connectivity index (χ0v) is 17.7. The third-order valence-electron chi connectivity index (χ3n) is 6.60. The Hall–Kier alpha value is -2.03. The fourth-order valence-electron chi connectivity index (χ4n) is 4.92. The van der Waals surface area contributed by atoms with Gasteiger partial charge in [0.2, 0.25) is 0 Å². The zero-order chi connectivity index (χ0) is 21.3. The van der Waals surface area contributed by atoms with Crippen LogP contribution >= 0.6 is 0 Å². The summed E-state index contributed by atoms with van der Waals surface area (Å²) in [5.74, 6) is -0.209. The second-order valence-corrected chi connectivity index (χ2v) is 8.56. The summed E-state index contributed by atoms with van der Waals surface area (Å²) in [5.41, 5.74) is 1.37. The minimum atomic E-state index is -0.649. The lowest BCUT2D eigenvalue weighted by Gasteiger charge is -2.39. The molecule has 164 valence electrons. The molecule has 2 bridgehead atoms. The van der Waals surface area contributed by atoms with Gasteiger partial charge < -0.3 is 9.84 Å². The average molecular weight is 419 g/mol. The molecule has 0 radical (unpaired) electrons. The molecule has 0 aliphatic carbocycles. The first-order valence-corrected chi connectivity index (χ1v) is 10.9. The van der Waals surface area contributed by atoms with E-state index in [1.165, 1.54) is 21.6 Å². The van der Waals surface area contributed by atoms with Crippen LogP contribution in [0.25, 0.3) is 0 Å². The summed E-state index contributed by atoms with van der Waals surface area (Å²) in [7, 11) is 0. The van der Waals surface area contributed by atoms with Crippen LogP contribution in [0.1, 0.15) is 43.7 Å². The van der Waals surface area contributed by atoms with Crippen molar-refractivity contribution in [2.24, 2.45) is 0 Å². The van der Waals surface area contributed by atoms with Crippen LogP contribution in [-0.4, -0.2) is 55.2 Å². The number of ether oxygens (including phenoxy) is 1. The Kier molecular flexibility index (Phi) is 6.36. The quantitative estimate of drug-likeness (QED) is 0.711. The Morgan fingerprint density at radius 1 is 1.27 bits per heavy atom. The second-order valence-electron chi connectivity index (χ2n) is 8.56. The second kappa shape index (κ2) is 8.99. The maximum Gasteiger partial charge on any atom is 0.345 e. The van der Waals surface area contributed by atoms with Crippen molar-refractivity contribution < 1.29 is 14.2 Å². The summed E-state index contributed by atoms with van der Waals surface area (Å²) in [6, 6.07) is 5.82. The lowest BCUT2D eigenvalue weighted by molar-refractivity contribution is -0.0410. The molecule has 3 heterocycles. The van der Waals surface area contributed by atoms with Crippen LogP contribution in [0.5, 0.6) is 0 Å². The van der Waals surface area contributed by atoms with E-state index in [0.717, 1.165) is 31.2 Å². The Morgan fingerprint density at radius 3 is 2.63 bits per heavy atom. The third kappa shape index (κ3) is 4.36. The van der Waals surface area contributed by atoms with Crippen molar-refractivity contribution >= 4 is 0 Å². The van der Waals surface area contributed by atoms with Crippen LogP contribution in [0.3, 0.4) is 0 Å². The molecule has 4 rings (SSSR count). The van der Waals surface area contributed by atoms with Crippen molar-refractivity contribution in [3.63, 3.8) is 0 Å². The smallest absolute Gasteiger partial charge is 0.345 e. The third-order valence-corrected chi connectivity index (χ3v) is 6.60. The van der Waals surface area contributed by atoms with Gasteiger partial charge in [0.25, 0.3) is 0 Å². The van der Waals surface area contributed by atoms with E-state index >= 15 is 0 Å². The van der Waals surface area contributed by atoms with Gasteiger partial charge in [0.1, 0.15) is 12.1 Å². The minimum Gasteiger partial charge on any atom is -0.390 e. The highest BCUT2D eigenvalue weighted by molar-refractivity contribution is 5.26. The van der Waals surface area contributed by atoms with E-state index in [2.05, 4.69) is 10.00 Å². The van der Waals surface area contributed by atoms with E-state index in [-0.39, 0.29) is 24.2 Å². The Bertz CT molecular complexity index is 893. The standard InChI is InChI=1S/C22H31FN4O3/c1-3-25-14-24-27(22(25)29)12-18(28)11-26-16-7-8-17(26)10-19(9-16)30-13-20-15(2)5-4-6-21(20)23/h4-6,14,16-19,28H,3,7-13H2,1-2H3/t16?,17?,18-,19?/m0/s1. The van der Waals surface area contributed by atoms with Crippen molar-refractivity contribution in [1.82, 2.24) is 19.2 Å². The lowest BCUT2D eigenvalue weighted by atomic mass is 9.99. The van der Waals surface area contributed by atoms with Crippen molar-refractivity contribution in [2.45, 2.75) is 83.5 Å². The number of piperidine rings is 1. The summed E-state index contributed by atoms with van der Waals surface area (Å²) < 4.78 is 23.0. The fraction of sp³-hybridized carbons (Fsp3) is 0.636. The van der Waals surface area contributed by atoms with Crippen LogP contribution in [-0.2, 0) is 24.4 Å². The molecule has 2 unspecified atom stereocenters. The number of aliphatic hydroxyl groups excluding tert-OH is 1. The predicted octanol–water partition coefficient (Wildman–Crippen LogP) is 2.09. The maximum absolute atomic E-state index is 14.1. The summed E-state index contributed by atoms with van der Waals surface area (Å²) in [5, 5.41) is 14.7. The Labute approximate surface area is 176 Å². The molecular weight excluding hydrogens is 387 g/mol. The van der Waals surface area contributed by atoms with Crippen LogP contribution < -0.4 is 5.69 Å². The molecule has 30 heavy (non-hydrogen) atoms. The molecule has 2 fully saturated rings. The number of aryl methyl sites for hydroxylation is 2. The monoisotopic (exact) mass is 418 g/mol. The van der Waals surface area contributed by atoms with Crippen LogP contribution in [0, 0.1) is 12.7 Å². The summed E-state index contributed by atoms with van der Waals surface area (Å²) in [6.45, 7) is 5.40. The van der Waals surface area contributed by atoms with Gasteiger partial charge in [0.15, 0.2) is 0 Å². The molecule has 2 aliphatic heterocycles. The molecule has 3 atom stereocenters. The van der Waals surface area contributed by atoms with E-state index in [9.17, 15) is 14.3 Å². The van der Waals surface area contributed by atoms with Gasteiger partial charge in [-0.2, -0.15) is 5.10 Å². The Morgan fingerprint density at radius 2 is 2.00 bits per heavy atom. The number of halogens is 1. The molecule has 0 saturated carbocycles. The lowest BCUT2D eigenvalue weighted by Crippen LogP contribution is -2.49. The topological polar surface area (TPSA) is 72.5 Å². The normalized spacial score (nSPS) is 25.0. The van der Waals surface area contributed by atoms with E-state index in [0.29, 0.717) is 37.3 Å². The molecule has 1 aromatic carbocycles. The SMILES string of the molecule is CCn1cnn(C[C@@H](O)CN2C3CCC2CC(OCc2c(C)cccc2F)C3)c1=O. The number of hydrogen-bond donors (Lipinski definition) is 1. The average Bonchev–Trinajstić information content (AvgIpc) is 3.16. The number of aromatic nitrogens is 3. The largest absolute Gasteiger partial charge is 0.390 e. The van der Waals surface area contributed by atoms with Gasteiger partial charge in [0, 0.05) is 30.7 Å². The van der Waals surface area contributed by atoms with Crippen molar-refractivity contribution in [3.05, 3.63) is 52.0 Å². The highest BCUT2D eigenvalue weighted by atomic mass is 19.1. The van der Waals surface area contributed by atoms with Gasteiger partial charge in [-0.05, 0) is 51.2 Å². The number of fused-ring (bicyclic) bond motifs is 2. The molecule has 2 saturated heterocycles. The van der Waals surface area contributed by atoms with Crippen LogP contribution in [0.2, 0.25) is 0 Å². The summed E-state index contributed by atoms with van der Waals surface area (Å²) in [4.78, 5) is 14.5. The molecule has 2 aliphatic rings. The van der Waals surface area contributed by atoms with Crippen molar-refractivity contribution in [2.75, 3.05) is 6.54 Å². The van der Waals surface area contributed by atoms with Gasteiger partial charge in [-0.3, -0.25) is 9.47 Å². The molecule has 1 N–H and O–H groups in total. The first kappa shape index (κ1) is 21.2. The molecule has 1 aromatic heterocycles. The van der Waals surface area contributed by atoms with Gasteiger partial charge in [-0.25, -0.2) is 13.9 Å². The fourth-order valence-corrected chi connectivity index (χ4v) is 4.92. The van der Waals surface area contributed by atoms with Crippen LogP contribution in [0.15, 0.2) is 29.3 Å². The first-order chi connectivity index (χ1) is 14.5. The highest BCUT2D eigenvalue weighted by Gasteiger charge is 2.41. The van der Waals surface area contributed by atoms with Gasteiger partial charge in [0.05, 0.1) is 25.4 Å². The highest BCUT2D eigenvalue weighted by Crippen LogP contribution is 2.37. The minimum absolute atomic E-state index is 0.109. The predicted molar refractivity (Wildman–Crippen MR) is 111 cm³/mol. The molecule has 7 nitrogen and oxygen atoms in total. The number of rotatable bonds is 8. The van der Waals surface area contributed by atoms with Crippen molar-refractivity contribution in [3.8, 4) is 0 Å².